The lowest BCUT2D eigenvalue weighted by molar-refractivity contribution is -0.123. The van der Waals surface area contributed by atoms with Gasteiger partial charge < -0.3 is 9.15 Å². The van der Waals surface area contributed by atoms with Crippen molar-refractivity contribution in [2.75, 3.05) is 6.61 Å². The largest absolute Gasteiger partial charge is 0.483 e. The molecular formula is C23H23ClN2O3. The van der Waals surface area contributed by atoms with Gasteiger partial charge in [0, 0.05) is 10.6 Å². The highest BCUT2D eigenvalue weighted by Crippen LogP contribution is 2.30. The fourth-order valence-corrected chi connectivity index (χ4v) is 2.87. The number of nitrogens with zero attached hydrogens (tertiary/aromatic N) is 1. The Morgan fingerprint density at radius 2 is 1.83 bits per heavy atom. The van der Waals surface area contributed by atoms with Crippen LogP contribution in [0.3, 0.4) is 0 Å². The van der Waals surface area contributed by atoms with Gasteiger partial charge in [0.25, 0.3) is 5.91 Å². The van der Waals surface area contributed by atoms with Crippen molar-refractivity contribution in [2.24, 2.45) is 5.10 Å². The van der Waals surface area contributed by atoms with E-state index in [2.05, 4.69) is 31.3 Å². The molecule has 0 aliphatic heterocycles. The van der Waals surface area contributed by atoms with Gasteiger partial charge in [0.05, 0.1) is 6.21 Å². The lowest BCUT2D eigenvalue weighted by Crippen LogP contribution is -2.25. The van der Waals surface area contributed by atoms with Crippen LogP contribution in [-0.4, -0.2) is 18.7 Å². The first-order valence-corrected chi connectivity index (χ1v) is 9.61. The number of carbonyl (C=O) groups is 1. The molecule has 0 bridgehead atoms. The van der Waals surface area contributed by atoms with E-state index in [9.17, 15) is 4.79 Å². The van der Waals surface area contributed by atoms with Crippen LogP contribution >= 0.6 is 11.6 Å². The second-order valence-corrected chi connectivity index (χ2v) is 7.97. The molecule has 0 aliphatic rings. The predicted molar refractivity (Wildman–Crippen MR) is 116 cm³/mol. The number of hydrogen-bond acceptors (Lipinski definition) is 4. The Morgan fingerprint density at radius 1 is 1.10 bits per heavy atom. The molecule has 6 heteroatoms. The van der Waals surface area contributed by atoms with Crippen LogP contribution in [0.25, 0.3) is 11.3 Å². The van der Waals surface area contributed by atoms with Crippen LogP contribution in [0.15, 0.2) is 70.2 Å². The van der Waals surface area contributed by atoms with E-state index in [1.54, 1.807) is 18.2 Å². The van der Waals surface area contributed by atoms with Crippen LogP contribution in [0, 0.1) is 0 Å². The Labute approximate surface area is 175 Å². The topological polar surface area (TPSA) is 63.8 Å². The van der Waals surface area contributed by atoms with E-state index in [4.69, 9.17) is 20.8 Å². The number of nitrogens with one attached hydrogen (secondary N) is 1. The molecule has 0 spiro atoms. The third-order valence-electron chi connectivity index (χ3n) is 4.19. The molecule has 1 N–H and O–H groups in total. The van der Waals surface area contributed by atoms with Gasteiger partial charge in [-0.1, -0.05) is 50.6 Å². The van der Waals surface area contributed by atoms with Gasteiger partial charge in [-0.25, -0.2) is 5.43 Å². The Hall–Kier alpha value is -3.05. The summed E-state index contributed by atoms with van der Waals surface area (Å²) in [5, 5.41) is 4.59. The van der Waals surface area contributed by atoms with E-state index in [0.29, 0.717) is 22.3 Å². The van der Waals surface area contributed by atoms with E-state index >= 15 is 0 Å². The van der Waals surface area contributed by atoms with Crippen LogP contribution in [-0.2, 0) is 10.2 Å². The van der Waals surface area contributed by atoms with Gasteiger partial charge in [0.2, 0.25) is 0 Å². The van der Waals surface area contributed by atoms with Gasteiger partial charge >= 0.3 is 0 Å². The van der Waals surface area contributed by atoms with Crippen molar-refractivity contribution in [3.05, 3.63) is 77.0 Å². The van der Waals surface area contributed by atoms with Crippen LogP contribution in [0.1, 0.15) is 32.1 Å². The monoisotopic (exact) mass is 410 g/mol. The van der Waals surface area contributed by atoms with Crippen molar-refractivity contribution >= 4 is 23.7 Å². The van der Waals surface area contributed by atoms with Gasteiger partial charge in [-0.15, -0.1) is 0 Å². The fraction of sp³-hybridized carbons (Fsp3) is 0.217. The highest BCUT2D eigenvalue weighted by molar-refractivity contribution is 6.30. The molecular weight excluding hydrogens is 388 g/mol. The molecule has 5 nitrogen and oxygen atoms in total. The lowest BCUT2D eigenvalue weighted by atomic mass is 9.86. The van der Waals surface area contributed by atoms with Crippen molar-refractivity contribution in [1.82, 2.24) is 5.43 Å². The maximum Gasteiger partial charge on any atom is 0.277 e. The average Bonchev–Trinajstić information content (AvgIpc) is 3.15. The molecule has 0 atom stereocenters. The summed E-state index contributed by atoms with van der Waals surface area (Å²) in [7, 11) is 0. The fourth-order valence-electron chi connectivity index (χ4n) is 2.75. The molecule has 3 aromatic rings. The molecule has 29 heavy (non-hydrogen) atoms. The Morgan fingerprint density at radius 3 is 2.55 bits per heavy atom. The second kappa shape index (κ2) is 8.97. The molecule has 1 aromatic heterocycles. The molecule has 0 unspecified atom stereocenters. The van der Waals surface area contributed by atoms with E-state index in [-0.39, 0.29) is 17.9 Å². The van der Waals surface area contributed by atoms with E-state index in [1.807, 2.05) is 42.5 Å². The summed E-state index contributed by atoms with van der Waals surface area (Å²) < 4.78 is 11.4. The quantitative estimate of drug-likeness (QED) is 0.435. The summed E-state index contributed by atoms with van der Waals surface area (Å²) >= 11 is 5.90. The number of hydrazone groups is 1. The van der Waals surface area contributed by atoms with Gasteiger partial charge in [-0.05, 0) is 53.4 Å². The minimum absolute atomic E-state index is 0.0771. The van der Waals surface area contributed by atoms with Crippen LogP contribution in [0.5, 0.6) is 5.75 Å². The minimum Gasteiger partial charge on any atom is -0.483 e. The first-order chi connectivity index (χ1) is 13.8. The van der Waals surface area contributed by atoms with E-state index in [0.717, 1.165) is 11.1 Å². The molecule has 150 valence electrons. The Bertz CT molecular complexity index is 1000. The van der Waals surface area contributed by atoms with Gasteiger partial charge in [0.1, 0.15) is 17.3 Å². The van der Waals surface area contributed by atoms with Crippen molar-refractivity contribution in [3.63, 3.8) is 0 Å². The van der Waals surface area contributed by atoms with E-state index < -0.39 is 0 Å². The molecule has 0 saturated carbocycles. The molecule has 3 rings (SSSR count). The normalized spacial score (nSPS) is 11.6. The number of para-hydroxylation sites is 1. The third-order valence-corrected chi connectivity index (χ3v) is 4.44. The number of ether oxygens (including phenoxy) is 1. The minimum atomic E-state index is -0.352. The van der Waals surface area contributed by atoms with Gasteiger partial charge in [0.15, 0.2) is 6.61 Å². The summed E-state index contributed by atoms with van der Waals surface area (Å²) in [6.07, 6.45) is 1.44. The molecule has 0 radical (unpaired) electrons. The first kappa shape index (κ1) is 20.7. The summed E-state index contributed by atoms with van der Waals surface area (Å²) in [6.45, 7) is 6.17. The summed E-state index contributed by atoms with van der Waals surface area (Å²) in [6, 6.07) is 18.6. The molecule has 0 fully saturated rings. The molecule has 1 amide bonds. The number of amides is 1. The number of carbonyl (C=O) groups excluding carboxylic acids is 1. The van der Waals surface area contributed by atoms with Gasteiger partial charge in [-0.2, -0.15) is 5.10 Å². The number of hydrogen-bond donors (Lipinski definition) is 1. The van der Waals surface area contributed by atoms with Crippen LogP contribution in [0.2, 0.25) is 5.02 Å². The summed E-state index contributed by atoms with van der Waals surface area (Å²) in [4.78, 5) is 12.0. The molecule has 2 aromatic carbocycles. The smallest absolute Gasteiger partial charge is 0.277 e. The van der Waals surface area contributed by atoms with Crippen LogP contribution < -0.4 is 10.2 Å². The van der Waals surface area contributed by atoms with Crippen LogP contribution in [0.4, 0.5) is 0 Å². The maximum absolute atomic E-state index is 12.0. The first-order valence-electron chi connectivity index (χ1n) is 9.23. The highest BCUT2D eigenvalue weighted by atomic mass is 35.5. The Balaban J connectivity index is 1.54. The number of benzene rings is 2. The average molecular weight is 411 g/mol. The summed E-state index contributed by atoms with van der Waals surface area (Å²) in [5.41, 5.74) is 4.32. The standard InChI is InChI=1S/C23H23ClN2O3/c1-23(2,3)19-6-4-5-7-21(19)28-15-22(27)26-25-14-18-12-13-20(29-18)16-8-10-17(24)11-9-16/h4-14H,15H2,1-3H3,(H,26,27)/b25-14-. The van der Waals surface area contributed by atoms with Crippen molar-refractivity contribution in [1.29, 1.82) is 0 Å². The molecule has 1 heterocycles. The maximum atomic E-state index is 12.0. The van der Waals surface area contributed by atoms with E-state index in [1.165, 1.54) is 6.21 Å². The molecule has 0 aliphatic carbocycles. The zero-order valence-corrected chi connectivity index (χ0v) is 17.4. The van der Waals surface area contributed by atoms with Gasteiger partial charge in [-0.3, -0.25) is 4.79 Å². The van der Waals surface area contributed by atoms with Crippen molar-refractivity contribution in [2.45, 2.75) is 26.2 Å². The van der Waals surface area contributed by atoms with Crippen molar-refractivity contribution in [3.8, 4) is 17.1 Å². The Kier molecular flexibility index (Phi) is 6.39. The zero-order valence-electron chi connectivity index (χ0n) is 16.6. The zero-order chi connectivity index (χ0) is 20.9. The predicted octanol–water partition coefficient (Wildman–Crippen LogP) is 5.43. The molecule has 0 saturated heterocycles. The lowest BCUT2D eigenvalue weighted by Gasteiger charge is -2.22. The number of halogens is 1. The number of rotatable bonds is 6. The highest BCUT2D eigenvalue weighted by Gasteiger charge is 2.18. The second-order valence-electron chi connectivity index (χ2n) is 7.54. The summed E-state index contributed by atoms with van der Waals surface area (Å²) in [5.74, 6) is 1.55. The van der Waals surface area contributed by atoms with Crippen molar-refractivity contribution < 1.29 is 13.9 Å². The SMILES string of the molecule is CC(C)(C)c1ccccc1OCC(=O)N/N=C\c1ccc(-c2ccc(Cl)cc2)o1. The number of furan rings is 1. The third kappa shape index (κ3) is 5.72.